The van der Waals surface area contributed by atoms with Crippen LogP contribution in [-0.4, -0.2) is 24.6 Å². The Bertz CT molecular complexity index is 856. The third kappa shape index (κ3) is 5.85. The summed E-state index contributed by atoms with van der Waals surface area (Å²) in [5, 5.41) is 11.6. The van der Waals surface area contributed by atoms with E-state index in [-0.39, 0.29) is 0 Å². The second-order valence-corrected chi connectivity index (χ2v) is 6.45. The van der Waals surface area contributed by atoms with E-state index >= 15 is 0 Å². The Morgan fingerprint density at radius 2 is 1.79 bits per heavy atom. The van der Waals surface area contributed by atoms with Crippen molar-refractivity contribution in [2.45, 2.75) is 39.2 Å². The van der Waals surface area contributed by atoms with E-state index in [1.54, 1.807) is 24.3 Å². The van der Waals surface area contributed by atoms with Crippen LogP contribution in [0, 0.1) is 11.3 Å². The molecule has 6 nitrogen and oxygen atoms in total. The molecule has 2 aromatic carbocycles. The molecule has 2 rings (SSSR count). The van der Waals surface area contributed by atoms with Crippen LogP contribution in [0.25, 0.3) is 0 Å². The lowest BCUT2D eigenvalue weighted by Crippen LogP contribution is -2.30. The van der Waals surface area contributed by atoms with Crippen molar-refractivity contribution in [2.24, 2.45) is 0 Å². The second kappa shape index (κ2) is 10.1. The highest BCUT2D eigenvalue weighted by Crippen LogP contribution is 2.26. The number of amides is 1. The van der Waals surface area contributed by atoms with Crippen molar-refractivity contribution < 1.29 is 19.1 Å². The Morgan fingerprint density at radius 3 is 2.43 bits per heavy atom. The summed E-state index contributed by atoms with van der Waals surface area (Å²) in [6, 6.07) is 16.0. The fourth-order valence-electron chi connectivity index (χ4n) is 2.56. The van der Waals surface area contributed by atoms with Gasteiger partial charge in [0.05, 0.1) is 11.6 Å². The van der Waals surface area contributed by atoms with Gasteiger partial charge in [0.2, 0.25) is 0 Å². The van der Waals surface area contributed by atoms with Crippen molar-refractivity contribution in [2.75, 3.05) is 11.9 Å². The minimum absolute atomic E-state index is 0.305. The third-order valence-corrected chi connectivity index (χ3v) is 4.35. The minimum Gasteiger partial charge on any atom is -0.479 e. The Balaban J connectivity index is 1.86. The highest BCUT2D eigenvalue weighted by atomic mass is 16.6. The van der Waals surface area contributed by atoms with Gasteiger partial charge in [0.25, 0.3) is 5.91 Å². The molecule has 0 aliphatic rings. The first-order chi connectivity index (χ1) is 13.4. The summed E-state index contributed by atoms with van der Waals surface area (Å²) in [6.45, 7) is 5.32. The molecule has 146 valence electrons. The maximum atomic E-state index is 12.2. The Kier molecular flexibility index (Phi) is 7.58. The molecular weight excluding hydrogens is 356 g/mol. The molecule has 0 aliphatic carbocycles. The molecule has 28 heavy (non-hydrogen) atoms. The molecule has 0 aromatic heterocycles. The highest BCUT2D eigenvalue weighted by molar-refractivity contribution is 5.93. The van der Waals surface area contributed by atoms with Gasteiger partial charge in [-0.05, 0) is 55.2 Å². The van der Waals surface area contributed by atoms with E-state index in [4.69, 9.17) is 14.7 Å². The lowest BCUT2D eigenvalue weighted by molar-refractivity contribution is -0.153. The van der Waals surface area contributed by atoms with Crippen LogP contribution in [0.1, 0.15) is 44.2 Å². The molecule has 0 bridgehead atoms. The number of nitrogens with zero attached hydrogens (tertiary/aromatic N) is 1. The number of esters is 1. The van der Waals surface area contributed by atoms with Crippen LogP contribution in [0.2, 0.25) is 0 Å². The molecule has 1 N–H and O–H groups in total. The number of nitriles is 1. The van der Waals surface area contributed by atoms with Crippen LogP contribution in [0.3, 0.4) is 0 Å². The number of carbonyl (C=O) groups excluding carboxylic acids is 2. The number of anilines is 1. The molecule has 2 aromatic rings. The number of ether oxygens (including phenoxy) is 2. The standard InChI is InChI=1S/C22H24N2O4/c1-4-15(2)19-7-5-6-8-20(19)24-21(25)14-27-22(26)16(3)28-18-11-9-17(13-23)10-12-18/h5-12,15-16H,4,14H2,1-3H3,(H,24,25)/t15-,16-/m1/s1. The van der Waals surface area contributed by atoms with E-state index in [9.17, 15) is 9.59 Å². The zero-order valence-corrected chi connectivity index (χ0v) is 16.3. The highest BCUT2D eigenvalue weighted by Gasteiger charge is 2.18. The van der Waals surface area contributed by atoms with Crippen LogP contribution in [0.4, 0.5) is 5.69 Å². The zero-order valence-electron chi connectivity index (χ0n) is 16.3. The van der Waals surface area contributed by atoms with Gasteiger partial charge in [-0.1, -0.05) is 32.0 Å². The summed E-state index contributed by atoms with van der Waals surface area (Å²) in [5.41, 5.74) is 2.26. The Hall–Kier alpha value is -3.33. The quantitative estimate of drug-likeness (QED) is 0.699. The number of para-hydroxylation sites is 1. The summed E-state index contributed by atoms with van der Waals surface area (Å²) in [6.07, 6.45) is 0.0691. The van der Waals surface area contributed by atoms with Gasteiger partial charge in [0.1, 0.15) is 5.75 Å². The molecule has 0 saturated carbocycles. The lowest BCUT2D eigenvalue weighted by Gasteiger charge is -2.16. The number of benzene rings is 2. The summed E-state index contributed by atoms with van der Waals surface area (Å²) in [7, 11) is 0. The van der Waals surface area contributed by atoms with E-state index in [0.717, 1.165) is 17.7 Å². The summed E-state index contributed by atoms with van der Waals surface area (Å²) >= 11 is 0. The monoisotopic (exact) mass is 380 g/mol. The smallest absolute Gasteiger partial charge is 0.347 e. The molecule has 0 heterocycles. The third-order valence-electron chi connectivity index (χ3n) is 4.35. The van der Waals surface area contributed by atoms with Crippen molar-refractivity contribution in [1.29, 1.82) is 5.26 Å². The minimum atomic E-state index is -0.881. The SMILES string of the molecule is CC[C@@H](C)c1ccccc1NC(=O)COC(=O)[C@@H](C)Oc1ccc(C#N)cc1. The lowest BCUT2D eigenvalue weighted by atomic mass is 9.97. The summed E-state index contributed by atoms with van der Waals surface area (Å²) < 4.78 is 10.5. The fraction of sp³-hybridized carbons (Fsp3) is 0.318. The zero-order chi connectivity index (χ0) is 20.5. The van der Waals surface area contributed by atoms with Gasteiger partial charge < -0.3 is 14.8 Å². The fourth-order valence-corrected chi connectivity index (χ4v) is 2.56. The average molecular weight is 380 g/mol. The normalized spacial score (nSPS) is 12.4. The van der Waals surface area contributed by atoms with Gasteiger partial charge in [0.15, 0.2) is 12.7 Å². The van der Waals surface area contributed by atoms with E-state index in [2.05, 4.69) is 19.2 Å². The van der Waals surface area contributed by atoms with Gasteiger partial charge in [0, 0.05) is 5.69 Å². The number of hydrogen-bond donors (Lipinski definition) is 1. The van der Waals surface area contributed by atoms with Crippen molar-refractivity contribution in [3.05, 3.63) is 59.7 Å². The number of carbonyl (C=O) groups is 2. The largest absolute Gasteiger partial charge is 0.479 e. The first-order valence-electron chi connectivity index (χ1n) is 9.16. The molecule has 0 spiro atoms. The average Bonchev–Trinajstić information content (AvgIpc) is 2.72. The molecule has 1 amide bonds. The predicted octanol–water partition coefficient (Wildman–Crippen LogP) is 4.02. The van der Waals surface area contributed by atoms with Crippen LogP contribution in [0.5, 0.6) is 5.75 Å². The van der Waals surface area contributed by atoms with Gasteiger partial charge in [-0.25, -0.2) is 4.79 Å². The summed E-state index contributed by atoms with van der Waals surface area (Å²) in [5.74, 6) is -0.306. The second-order valence-electron chi connectivity index (χ2n) is 6.45. The van der Waals surface area contributed by atoms with Crippen LogP contribution < -0.4 is 10.1 Å². The Labute approximate surface area is 165 Å². The number of nitrogens with one attached hydrogen (secondary N) is 1. The van der Waals surface area contributed by atoms with Crippen LogP contribution >= 0.6 is 0 Å². The molecule has 0 fully saturated rings. The van der Waals surface area contributed by atoms with Crippen molar-refractivity contribution in [1.82, 2.24) is 0 Å². The van der Waals surface area contributed by atoms with Gasteiger partial charge in [-0.15, -0.1) is 0 Å². The first-order valence-corrected chi connectivity index (χ1v) is 9.16. The molecule has 0 radical (unpaired) electrons. The van der Waals surface area contributed by atoms with Gasteiger partial charge in [-0.2, -0.15) is 5.26 Å². The van der Waals surface area contributed by atoms with Gasteiger partial charge in [-0.3, -0.25) is 4.79 Å². The predicted molar refractivity (Wildman–Crippen MR) is 106 cm³/mol. The van der Waals surface area contributed by atoms with Crippen molar-refractivity contribution >= 4 is 17.6 Å². The molecule has 2 atom stereocenters. The van der Waals surface area contributed by atoms with Crippen LogP contribution in [-0.2, 0) is 14.3 Å². The first kappa shape index (κ1) is 21.0. The summed E-state index contributed by atoms with van der Waals surface area (Å²) in [4.78, 5) is 24.2. The maximum absolute atomic E-state index is 12.2. The molecule has 0 aliphatic heterocycles. The van der Waals surface area contributed by atoms with Gasteiger partial charge >= 0.3 is 5.97 Å². The maximum Gasteiger partial charge on any atom is 0.347 e. The molecular formula is C22H24N2O4. The van der Waals surface area contributed by atoms with E-state index in [1.807, 2.05) is 30.3 Å². The van der Waals surface area contributed by atoms with Crippen LogP contribution in [0.15, 0.2) is 48.5 Å². The van der Waals surface area contributed by atoms with E-state index in [0.29, 0.717) is 17.2 Å². The van der Waals surface area contributed by atoms with E-state index in [1.165, 1.54) is 6.92 Å². The number of hydrogen-bond acceptors (Lipinski definition) is 5. The van der Waals surface area contributed by atoms with Crippen molar-refractivity contribution in [3.8, 4) is 11.8 Å². The van der Waals surface area contributed by atoms with E-state index < -0.39 is 24.6 Å². The Morgan fingerprint density at radius 1 is 1.11 bits per heavy atom. The number of rotatable bonds is 8. The molecule has 6 heteroatoms. The topological polar surface area (TPSA) is 88.4 Å². The molecule has 0 saturated heterocycles. The van der Waals surface area contributed by atoms with Crippen molar-refractivity contribution in [3.63, 3.8) is 0 Å². The molecule has 0 unspecified atom stereocenters.